The molecule has 0 bridgehead atoms. The van der Waals surface area contributed by atoms with Crippen LogP contribution < -0.4 is 5.32 Å². The number of pyridine rings is 1. The molecule has 1 aliphatic carbocycles. The standard InChI is InChI=1S/C16H20N2O/c1-19-15-6-2-5-13(11-15)18-14-7-8-16-12(10-14)4-3-9-17-16/h3-4,7-10,13,15,18H,2,5-6,11H2,1H3. The predicted octanol–water partition coefficient (Wildman–Crippen LogP) is 3.60. The number of aromatic nitrogens is 1. The van der Waals surface area contributed by atoms with Gasteiger partial charge in [0, 0.05) is 30.4 Å². The number of hydrogen-bond acceptors (Lipinski definition) is 3. The molecule has 1 saturated carbocycles. The van der Waals surface area contributed by atoms with E-state index in [1.54, 1.807) is 0 Å². The highest BCUT2D eigenvalue weighted by molar-refractivity contribution is 5.82. The summed E-state index contributed by atoms with van der Waals surface area (Å²) in [6.07, 6.45) is 7.00. The Hall–Kier alpha value is -1.61. The molecule has 3 nitrogen and oxygen atoms in total. The first-order valence-electron chi connectivity index (χ1n) is 6.99. The van der Waals surface area contributed by atoms with Crippen molar-refractivity contribution in [1.82, 2.24) is 4.98 Å². The average molecular weight is 256 g/mol. The van der Waals surface area contributed by atoms with Crippen LogP contribution in [0.1, 0.15) is 25.7 Å². The number of benzene rings is 1. The summed E-state index contributed by atoms with van der Waals surface area (Å²) in [5.74, 6) is 0. The number of nitrogens with one attached hydrogen (secondary N) is 1. The topological polar surface area (TPSA) is 34.1 Å². The lowest BCUT2D eigenvalue weighted by molar-refractivity contribution is 0.0669. The second kappa shape index (κ2) is 5.57. The summed E-state index contributed by atoms with van der Waals surface area (Å²) < 4.78 is 5.48. The summed E-state index contributed by atoms with van der Waals surface area (Å²) >= 11 is 0. The SMILES string of the molecule is COC1CCCC(Nc2ccc3ncccc3c2)C1. The van der Waals surface area contributed by atoms with Crippen LogP contribution in [0.4, 0.5) is 5.69 Å². The summed E-state index contributed by atoms with van der Waals surface area (Å²) in [4.78, 5) is 4.35. The highest BCUT2D eigenvalue weighted by Crippen LogP contribution is 2.25. The highest BCUT2D eigenvalue weighted by Gasteiger charge is 2.21. The third-order valence-corrected chi connectivity index (χ3v) is 3.93. The highest BCUT2D eigenvalue weighted by atomic mass is 16.5. The number of ether oxygens (including phenoxy) is 1. The zero-order chi connectivity index (χ0) is 13.1. The van der Waals surface area contributed by atoms with Crippen molar-refractivity contribution >= 4 is 16.6 Å². The average Bonchev–Trinajstić information content (AvgIpc) is 2.47. The van der Waals surface area contributed by atoms with Crippen molar-refractivity contribution < 1.29 is 4.74 Å². The van der Waals surface area contributed by atoms with Gasteiger partial charge in [0.2, 0.25) is 0 Å². The van der Waals surface area contributed by atoms with Gasteiger partial charge in [-0.3, -0.25) is 4.98 Å². The fourth-order valence-electron chi connectivity index (χ4n) is 2.89. The number of methoxy groups -OCH3 is 1. The van der Waals surface area contributed by atoms with Gasteiger partial charge in [-0.25, -0.2) is 0 Å². The predicted molar refractivity (Wildman–Crippen MR) is 78.4 cm³/mol. The first-order valence-corrected chi connectivity index (χ1v) is 6.99. The maximum atomic E-state index is 5.48. The summed E-state index contributed by atoms with van der Waals surface area (Å²) in [6, 6.07) is 11.0. The fraction of sp³-hybridized carbons (Fsp3) is 0.438. The van der Waals surface area contributed by atoms with Crippen molar-refractivity contribution in [2.75, 3.05) is 12.4 Å². The minimum atomic E-state index is 0.411. The Morgan fingerprint density at radius 3 is 3.11 bits per heavy atom. The van der Waals surface area contributed by atoms with Crippen LogP contribution in [0.2, 0.25) is 0 Å². The van der Waals surface area contributed by atoms with Crippen molar-refractivity contribution in [3.8, 4) is 0 Å². The van der Waals surface area contributed by atoms with Gasteiger partial charge in [0.1, 0.15) is 0 Å². The van der Waals surface area contributed by atoms with E-state index in [-0.39, 0.29) is 0 Å². The number of fused-ring (bicyclic) bond motifs is 1. The Bertz CT molecular complexity index is 555. The lowest BCUT2D eigenvalue weighted by Crippen LogP contribution is -2.30. The van der Waals surface area contributed by atoms with Crippen LogP contribution in [-0.4, -0.2) is 24.2 Å². The van der Waals surface area contributed by atoms with Gasteiger partial charge in [-0.05, 0) is 49.9 Å². The molecule has 1 N–H and O–H groups in total. The van der Waals surface area contributed by atoms with Crippen LogP contribution in [0.3, 0.4) is 0 Å². The first kappa shape index (κ1) is 12.4. The number of hydrogen-bond donors (Lipinski definition) is 1. The number of anilines is 1. The van der Waals surface area contributed by atoms with Crippen LogP contribution >= 0.6 is 0 Å². The third kappa shape index (κ3) is 2.87. The van der Waals surface area contributed by atoms with Gasteiger partial charge < -0.3 is 10.1 Å². The van der Waals surface area contributed by atoms with Crippen molar-refractivity contribution in [2.24, 2.45) is 0 Å². The first-order chi connectivity index (χ1) is 9.35. The lowest BCUT2D eigenvalue weighted by Gasteiger charge is -2.29. The van der Waals surface area contributed by atoms with E-state index in [0.717, 1.165) is 11.9 Å². The molecule has 1 aliphatic rings. The van der Waals surface area contributed by atoms with E-state index in [2.05, 4.69) is 34.6 Å². The van der Waals surface area contributed by atoms with Crippen molar-refractivity contribution in [2.45, 2.75) is 37.8 Å². The van der Waals surface area contributed by atoms with Crippen molar-refractivity contribution in [3.05, 3.63) is 36.5 Å². The normalized spacial score (nSPS) is 23.4. The summed E-state index contributed by atoms with van der Waals surface area (Å²) in [5, 5.41) is 4.82. The molecule has 1 heterocycles. The molecule has 0 saturated heterocycles. The van der Waals surface area contributed by atoms with Gasteiger partial charge in [0.25, 0.3) is 0 Å². The molecule has 1 aromatic heterocycles. The summed E-state index contributed by atoms with van der Waals surface area (Å²) in [6.45, 7) is 0. The monoisotopic (exact) mass is 256 g/mol. The molecule has 19 heavy (non-hydrogen) atoms. The van der Waals surface area contributed by atoms with E-state index < -0.39 is 0 Å². The van der Waals surface area contributed by atoms with Gasteiger partial charge in [0.15, 0.2) is 0 Å². The Kier molecular flexibility index (Phi) is 3.65. The minimum absolute atomic E-state index is 0.411. The molecule has 0 amide bonds. The Morgan fingerprint density at radius 1 is 1.26 bits per heavy atom. The second-order valence-electron chi connectivity index (χ2n) is 5.28. The van der Waals surface area contributed by atoms with E-state index in [0.29, 0.717) is 12.1 Å². The van der Waals surface area contributed by atoms with Crippen molar-refractivity contribution in [3.63, 3.8) is 0 Å². The second-order valence-corrected chi connectivity index (χ2v) is 5.28. The third-order valence-electron chi connectivity index (χ3n) is 3.93. The quantitative estimate of drug-likeness (QED) is 0.911. The molecular weight excluding hydrogens is 236 g/mol. The Morgan fingerprint density at radius 2 is 2.21 bits per heavy atom. The molecule has 100 valence electrons. The number of nitrogens with zero attached hydrogens (tertiary/aromatic N) is 1. The Balaban J connectivity index is 1.74. The maximum Gasteiger partial charge on any atom is 0.0703 e. The molecule has 2 unspecified atom stereocenters. The molecule has 0 aliphatic heterocycles. The Labute approximate surface area is 114 Å². The van der Waals surface area contributed by atoms with Gasteiger partial charge in [-0.15, -0.1) is 0 Å². The zero-order valence-corrected chi connectivity index (χ0v) is 11.3. The van der Waals surface area contributed by atoms with Crippen LogP contribution in [0.25, 0.3) is 10.9 Å². The van der Waals surface area contributed by atoms with Crippen LogP contribution in [0, 0.1) is 0 Å². The van der Waals surface area contributed by atoms with Crippen LogP contribution in [0.15, 0.2) is 36.5 Å². The van der Waals surface area contributed by atoms with Gasteiger partial charge in [-0.1, -0.05) is 6.07 Å². The molecule has 0 spiro atoms. The largest absolute Gasteiger partial charge is 0.382 e. The number of rotatable bonds is 3. The zero-order valence-electron chi connectivity index (χ0n) is 11.3. The molecule has 3 heteroatoms. The van der Waals surface area contributed by atoms with Crippen LogP contribution in [0.5, 0.6) is 0 Å². The fourth-order valence-corrected chi connectivity index (χ4v) is 2.89. The maximum absolute atomic E-state index is 5.48. The molecular formula is C16H20N2O. The van der Waals surface area contributed by atoms with E-state index in [1.807, 2.05) is 19.4 Å². The van der Waals surface area contributed by atoms with E-state index in [1.165, 1.54) is 30.3 Å². The van der Waals surface area contributed by atoms with E-state index >= 15 is 0 Å². The smallest absolute Gasteiger partial charge is 0.0703 e. The summed E-state index contributed by atoms with van der Waals surface area (Å²) in [5.41, 5.74) is 2.23. The lowest BCUT2D eigenvalue weighted by atomic mass is 9.92. The minimum Gasteiger partial charge on any atom is -0.382 e. The van der Waals surface area contributed by atoms with Crippen molar-refractivity contribution in [1.29, 1.82) is 0 Å². The van der Waals surface area contributed by atoms with Gasteiger partial charge >= 0.3 is 0 Å². The van der Waals surface area contributed by atoms with Gasteiger partial charge in [0.05, 0.1) is 11.6 Å². The molecule has 0 radical (unpaired) electrons. The molecule has 3 rings (SSSR count). The van der Waals surface area contributed by atoms with Gasteiger partial charge in [-0.2, -0.15) is 0 Å². The van der Waals surface area contributed by atoms with E-state index in [4.69, 9.17) is 4.74 Å². The molecule has 2 aromatic rings. The van der Waals surface area contributed by atoms with Crippen LogP contribution in [-0.2, 0) is 4.74 Å². The molecule has 2 atom stereocenters. The molecule has 1 fully saturated rings. The molecule has 1 aromatic carbocycles. The summed E-state index contributed by atoms with van der Waals surface area (Å²) in [7, 11) is 1.81. The van der Waals surface area contributed by atoms with E-state index in [9.17, 15) is 0 Å².